The third-order valence-electron chi connectivity index (χ3n) is 6.89. The Morgan fingerprint density at radius 3 is 2.22 bits per heavy atom. The predicted molar refractivity (Wildman–Crippen MR) is 159 cm³/mol. The molecule has 7 nitrogen and oxygen atoms in total. The number of amides is 1. The number of nitrogens with one attached hydrogen (secondary N) is 1. The van der Waals surface area contributed by atoms with Crippen LogP contribution < -0.4 is 5.32 Å². The number of hydrogen-bond donors (Lipinski definition) is 1. The van der Waals surface area contributed by atoms with Gasteiger partial charge in [0, 0.05) is 27.6 Å². The molecule has 1 fully saturated rings. The van der Waals surface area contributed by atoms with E-state index in [0.29, 0.717) is 18.4 Å². The number of halogens is 2. The van der Waals surface area contributed by atoms with Crippen molar-refractivity contribution in [1.82, 2.24) is 5.32 Å². The van der Waals surface area contributed by atoms with Gasteiger partial charge in [0.25, 0.3) is 0 Å². The fourth-order valence-electron chi connectivity index (χ4n) is 4.87. The van der Waals surface area contributed by atoms with Crippen molar-refractivity contribution < 1.29 is 27.5 Å². The van der Waals surface area contributed by atoms with Gasteiger partial charge in [-0.25, -0.2) is 13.2 Å². The molecule has 4 rings (SSSR count). The van der Waals surface area contributed by atoms with Crippen LogP contribution in [-0.2, 0) is 42.7 Å². The van der Waals surface area contributed by atoms with E-state index < -0.39 is 33.5 Å². The zero-order valence-electron chi connectivity index (χ0n) is 23.1. The van der Waals surface area contributed by atoms with E-state index in [1.807, 2.05) is 30.3 Å². The molecule has 1 aliphatic heterocycles. The Hall–Kier alpha value is -3.07. The van der Waals surface area contributed by atoms with Crippen LogP contribution in [0.3, 0.4) is 0 Å². The van der Waals surface area contributed by atoms with E-state index in [1.54, 1.807) is 51.1 Å². The topological polar surface area (TPSA) is 98.8 Å². The van der Waals surface area contributed by atoms with Gasteiger partial charge >= 0.3 is 12.1 Å². The molecular weight excluding hydrogens is 585 g/mol. The zero-order valence-corrected chi connectivity index (χ0v) is 25.4. The molecule has 0 aliphatic carbocycles. The maximum Gasteiger partial charge on any atom is 0.407 e. The van der Waals surface area contributed by atoms with Gasteiger partial charge in [-0.15, -0.1) is 0 Å². The molecule has 3 aromatic carbocycles. The summed E-state index contributed by atoms with van der Waals surface area (Å²) in [5.74, 6) is -1.55. The van der Waals surface area contributed by atoms with Crippen LogP contribution >= 0.6 is 23.2 Å². The summed E-state index contributed by atoms with van der Waals surface area (Å²) < 4.78 is 37.1. The van der Waals surface area contributed by atoms with Crippen LogP contribution in [-0.4, -0.2) is 38.7 Å². The zero-order chi connectivity index (χ0) is 29.8. The summed E-state index contributed by atoms with van der Waals surface area (Å²) in [6.45, 7) is 5.52. The van der Waals surface area contributed by atoms with E-state index in [0.717, 1.165) is 11.1 Å². The average molecular weight is 619 g/mol. The van der Waals surface area contributed by atoms with Gasteiger partial charge in [0.05, 0.1) is 23.2 Å². The Labute approximate surface area is 251 Å². The number of carbonyl (C=O) groups is 2. The quantitative estimate of drug-likeness (QED) is 0.278. The molecule has 1 heterocycles. The molecular formula is C31H33Cl2NO6S. The summed E-state index contributed by atoms with van der Waals surface area (Å²) >= 11 is 12.4. The van der Waals surface area contributed by atoms with E-state index in [1.165, 1.54) is 12.1 Å². The molecule has 41 heavy (non-hydrogen) atoms. The number of esters is 1. The Balaban J connectivity index is 1.52. The van der Waals surface area contributed by atoms with Crippen molar-refractivity contribution in [3.05, 3.63) is 99.5 Å². The number of ether oxygens (including phenoxy) is 2. The third-order valence-corrected chi connectivity index (χ3v) is 9.26. The fourth-order valence-corrected chi connectivity index (χ4v) is 6.97. The molecule has 0 saturated carbocycles. The largest absolute Gasteiger partial charge is 0.465 e. The van der Waals surface area contributed by atoms with Crippen molar-refractivity contribution in [3.63, 3.8) is 0 Å². The maximum atomic E-state index is 13.1. The second-order valence-corrected chi connectivity index (χ2v) is 14.0. The summed E-state index contributed by atoms with van der Waals surface area (Å²) in [4.78, 5) is 25.7. The average Bonchev–Trinajstić information content (AvgIpc) is 3.25. The van der Waals surface area contributed by atoms with E-state index in [9.17, 15) is 18.0 Å². The van der Waals surface area contributed by atoms with Gasteiger partial charge in [0.15, 0.2) is 9.84 Å². The highest BCUT2D eigenvalue weighted by Crippen LogP contribution is 2.32. The molecule has 0 spiro atoms. The first kappa shape index (κ1) is 30.9. The van der Waals surface area contributed by atoms with Crippen LogP contribution in [0.15, 0.2) is 77.7 Å². The molecule has 0 aromatic heterocycles. The van der Waals surface area contributed by atoms with Gasteiger partial charge in [-0.1, -0.05) is 71.7 Å². The SMILES string of the molecule is CC(C)(C)OC(=O)N[C@@H](Cc1ccccc1)C1COC(=O)[C@@H]1Cc1ccc(S(=O)(=O)Cc2c(Cl)cccc2Cl)cc1. The lowest BCUT2D eigenvalue weighted by molar-refractivity contribution is -0.141. The molecule has 218 valence electrons. The van der Waals surface area contributed by atoms with Crippen LogP contribution in [0, 0.1) is 11.8 Å². The summed E-state index contributed by atoms with van der Waals surface area (Å²) in [5, 5.41) is 3.54. The van der Waals surface area contributed by atoms with Crippen molar-refractivity contribution in [3.8, 4) is 0 Å². The standard InChI is InChI=1S/C31H33Cl2NO6S/c1-31(2,3)40-30(36)34-28(17-20-8-5-4-6-9-20)24-18-39-29(35)23(24)16-21-12-14-22(15-13-21)41(37,38)19-25-26(32)10-7-11-27(25)33/h4-15,23-24,28H,16-19H2,1-3H3,(H,34,36)/t23-,24?,28+/m1/s1. The number of sulfone groups is 1. The molecule has 10 heteroatoms. The van der Waals surface area contributed by atoms with E-state index >= 15 is 0 Å². The monoisotopic (exact) mass is 617 g/mol. The maximum absolute atomic E-state index is 13.1. The normalized spacial score (nSPS) is 18.0. The molecule has 1 saturated heterocycles. The highest BCUT2D eigenvalue weighted by atomic mass is 35.5. The minimum absolute atomic E-state index is 0.122. The Morgan fingerprint density at radius 2 is 1.61 bits per heavy atom. The van der Waals surface area contributed by atoms with Crippen LogP contribution in [0.4, 0.5) is 4.79 Å². The van der Waals surface area contributed by atoms with E-state index in [-0.39, 0.29) is 39.2 Å². The van der Waals surface area contributed by atoms with E-state index in [2.05, 4.69) is 5.32 Å². The first-order valence-corrected chi connectivity index (χ1v) is 15.7. The molecule has 1 amide bonds. The number of cyclic esters (lactones) is 1. The summed E-state index contributed by atoms with van der Waals surface area (Å²) in [6.07, 6.45) is 0.242. The van der Waals surface area contributed by atoms with Gasteiger partial charge in [-0.05, 0) is 69.0 Å². The van der Waals surface area contributed by atoms with Crippen molar-refractivity contribution in [1.29, 1.82) is 0 Å². The van der Waals surface area contributed by atoms with Gasteiger partial charge in [-0.2, -0.15) is 0 Å². The van der Waals surface area contributed by atoms with Crippen LogP contribution in [0.25, 0.3) is 0 Å². The fraction of sp³-hybridized carbons (Fsp3) is 0.355. The third kappa shape index (κ3) is 8.24. The summed E-state index contributed by atoms with van der Waals surface area (Å²) in [6, 6.07) is 20.5. The highest BCUT2D eigenvalue weighted by molar-refractivity contribution is 7.90. The second-order valence-electron chi connectivity index (χ2n) is 11.2. The lowest BCUT2D eigenvalue weighted by Gasteiger charge is -2.29. The van der Waals surface area contributed by atoms with Crippen molar-refractivity contribution in [2.75, 3.05) is 6.61 Å². The molecule has 0 radical (unpaired) electrons. The Bertz CT molecular complexity index is 1470. The number of rotatable bonds is 9. The van der Waals surface area contributed by atoms with Gasteiger partial charge in [-0.3, -0.25) is 4.79 Å². The van der Waals surface area contributed by atoms with Gasteiger partial charge in [0.2, 0.25) is 0 Å². The van der Waals surface area contributed by atoms with Crippen LogP contribution in [0.5, 0.6) is 0 Å². The van der Waals surface area contributed by atoms with Crippen molar-refractivity contribution in [2.45, 2.75) is 55.9 Å². The molecule has 3 atom stereocenters. The smallest absolute Gasteiger partial charge is 0.407 e. The first-order valence-electron chi connectivity index (χ1n) is 13.3. The number of benzene rings is 3. The first-order chi connectivity index (χ1) is 19.3. The van der Waals surface area contributed by atoms with Crippen molar-refractivity contribution in [2.24, 2.45) is 11.8 Å². The lowest BCUT2D eigenvalue weighted by atomic mass is 9.82. The Kier molecular flexibility index (Phi) is 9.67. The Morgan fingerprint density at radius 1 is 0.976 bits per heavy atom. The van der Waals surface area contributed by atoms with E-state index in [4.69, 9.17) is 32.7 Å². The minimum Gasteiger partial charge on any atom is -0.465 e. The second kappa shape index (κ2) is 12.8. The van der Waals surface area contributed by atoms with Gasteiger partial charge in [0.1, 0.15) is 5.60 Å². The molecule has 1 aliphatic rings. The molecule has 1 unspecified atom stereocenters. The molecule has 0 bridgehead atoms. The van der Waals surface area contributed by atoms with Gasteiger partial charge < -0.3 is 14.8 Å². The summed E-state index contributed by atoms with van der Waals surface area (Å²) in [5.41, 5.74) is 1.43. The highest BCUT2D eigenvalue weighted by Gasteiger charge is 2.42. The summed E-state index contributed by atoms with van der Waals surface area (Å²) in [7, 11) is -3.72. The predicted octanol–water partition coefficient (Wildman–Crippen LogP) is 6.44. The van der Waals surface area contributed by atoms with Crippen molar-refractivity contribution >= 4 is 45.1 Å². The molecule has 3 aromatic rings. The van der Waals surface area contributed by atoms with Crippen LogP contribution in [0.2, 0.25) is 10.0 Å². The number of carbonyl (C=O) groups excluding carboxylic acids is 2. The number of hydrogen-bond acceptors (Lipinski definition) is 6. The lowest BCUT2D eigenvalue weighted by Crippen LogP contribution is -2.46. The van der Waals surface area contributed by atoms with Crippen LogP contribution in [0.1, 0.15) is 37.5 Å². The number of alkyl carbamates (subject to hydrolysis) is 1. The molecule has 1 N–H and O–H groups in total. The minimum atomic E-state index is -3.72.